The van der Waals surface area contributed by atoms with E-state index in [2.05, 4.69) is 141 Å². The Morgan fingerprint density at radius 3 is 1.56 bits per heavy atom. The fourth-order valence-corrected chi connectivity index (χ4v) is 4.58. The molecule has 4 aromatic rings. The zero-order valence-electron chi connectivity index (χ0n) is 21.7. The molecule has 0 aliphatic heterocycles. The minimum atomic E-state index is 0.539. The summed E-state index contributed by atoms with van der Waals surface area (Å²) in [5.41, 5.74) is 9.50. The van der Waals surface area contributed by atoms with Crippen molar-refractivity contribution in [1.82, 2.24) is 0 Å². The van der Waals surface area contributed by atoms with Crippen molar-refractivity contribution in [3.05, 3.63) is 154 Å². The zero-order valence-corrected chi connectivity index (χ0v) is 21.7. The second kappa shape index (κ2) is 13.4. The Morgan fingerprint density at radius 1 is 0.556 bits per heavy atom. The molecule has 0 nitrogen and oxygen atoms in total. The lowest BCUT2D eigenvalue weighted by Crippen LogP contribution is -1.99. The predicted molar refractivity (Wildman–Crippen MR) is 157 cm³/mol. The lowest BCUT2D eigenvalue weighted by molar-refractivity contribution is 0.758. The third-order valence-electron chi connectivity index (χ3n) is 6.90. The van der Waals surface area contributed by atoms with Crippen molar-refractivity contribution < 1.29 is 0 Å². The molecule has 4 rings (SSSR count). The molecule has 36 heavy (non-hydrogen) atoms. The van der Waals surface area contributed by atoms with Crippen LogP contribution in [0.4, 0.5) is 0 Å². The molecule has 0 radical (unpaired) electrons. The van der Waals surface area contributed by atoms with Crippen LogP contribution in [0, 0.1) is 0 Å². The van der Waals surface area contributed by atoms with Crippen LogP contribution in [0.1, 0.15) is 65.1 Å². The molecule has 0 bridgehead atoms. The minimum absolute atomic E-state index is 0.539. The maximum absolute atomic E-state index is 2.31. The van der Waals surface area contributed by atoms with Gasteiger partial charge < -0.3 is 0 Å². The summed E-state index contributed by atoms with van der Waals surface area (Å²) in [5, 5.41) is 0. The summed E-state index contributed by atoms with van der Waals surface area (Å²) < 4.78 is 0. The quantitative estimate of drug-likeness (QED) is 0.151. The van der Waals surface area contributed by atoms with Gasteiger partial charge in [-0.05, 0) is 83.9 Å². The molecular weight excluding hydrogens is 432 g/mol. The van der Waals surface area contributed by atoms with Gasteiger partial charge in [0.1, 0.15) is 0 Å². The van der Waals surface area contributed by atoms with Crippen molar-refractivity contribution in [3.8, 4) is 0 Å². The summed E-state index contributed by atoms with van der Waals surface area (Å²) in [5.74, 6) is 0.539. The van der Waals surface area contributed by atoms with Gasteiger partial charge in [-0.15, -0.1) is 0 Å². The van der Waals surface area contributed by atoms with Crippen molar-refractivity contribution in [2.75, 3.05) is 0 Å². The maximum atomic E-state index is 2.31. The van der Waals surface area contributed by atoms with Gasteiger partial charge in [0, 0.05) is 0 Å². The third-order valence-corrected chi connectivity index (χ3v) is 6.90. The molecule has 0 aliphatic rings. The van der Waals surface area contributed by atoms with Crippen molar-refractivity contribution in [2.45, 2.75) is 51.9 Å². The van der Waals surface area contributed by atoms with Crippen LogP contribution in [0.3, 0.4) is 0 Å². The maximum Gasteiger partial charge on any atom is -0.0150 e. The molecule has 0 heteroatoms. The normalized spacial score (nSPS) is 12.4. The Balaban J connectivity index is 1.24. The molecule has 0 aliphatic carbocycles. The molecule has 182 valence electrons. The van der Waals surface area contributed by atoms with E-state index in [0.717, 1.165) is 32.1 Å². The summed E-state index contributed by atoms with van der Waals surface area (Å²) in [6.45, 7) is 4.39. The topological polar surface area (TPSA) is 0 Å². The van der Waals surface area contributed by atoms with E-state index in [0.29, 0.717) is 5.92 Å². The SMILES string of the molecule is CC=CCCc1ccc(C=Cc2ccc(CCc3ccc(C[C@H](C)c4ccccc4)cc3)cc2)cc1. The Bertz CT molecular complexity index is 1220. The van der Waals surface area contributed by atoms with Crippen molar-refractivity contribution in [3.63, 3.8) is 0 Å². The Labute approximate surface area is 218 Å². The lowest BCUT2D eigenvalue weighted by atomic mass is 9.93. The van der Waals surface area contributed by atoms with E-state index in [1.54, 1.807) is 0 Å². The molecule has 0 fully saturated rings. The molecule has 0 amide bonds. The first-order valence-corrected chi connectivity index (χ1v) is 13.3. The first-order chi connectivity index (χ1) is 17.7. The Hall–Kier alpha value is -3.64. The van der Waals surface area contributed by atoms with E-state index in [1.807, 2.05) is 0 Å². The fourth-order valence-electron chi connectivity index (χ4n) is 4.58. The number of hydrogen-bond donors (Lipinski definition) is 0. The van der Waals surface area contributed by atoms with Gasteiger partial charge >= 0.3 is 0 Å². The number of rotatable bonds is 11. The molecule has 0 saturated carbocycles. The summed E-state index contributed by atoms with van der Waals surface area (Å²) >= 11 is 0. The lowest BCUT2D eigenvalue weighted by Gasteiger charge is -2.12. The summed E-state index contributed by atoms with van der Waals surface area (Å²) in [6, 6.07) is 37.9. The van der Waals surface area contributed by atoms with Crippen molar-refractivity contribution >= 4 is 12.2 Å². The van der Waals surface area contributed by atoms with Crippen LogP contribution in [-0.2, 0) is 25.7 Å². The number of aryl methyl sites for hydroxylation is 3. The smallest absolute Gasteiger partial charge is 0.0150 e. The highest BCUT2D eigenvalue weighted by molar-refractivity contribution is 5.69. The van der Waals surface area contributed by atoms with Crippen LogP contribution in [0.25, 0.3) is 12.2 Å². The highest BCUT2D eigenvalue weighted by Crippen LogP contribution is 2.21. The molecule has 4 aromatic carbocycles. The molecule has 0 aromatic heterocycles. The Kier molecular flexibility index (Phi) is 9.51. The van der Waals surface area contributed by atoms with E-state index in [1.165, 1.54) is 38.9 Å². The molecule has 0 saturated heterocycles. The molecule has 0 unspecified atom stereocenters. The number of benzene rings is 4. The standard InChI is InChI=1S/C36H38/c1-3-4-6-9-30-12-14-31(15-13-30)16-17-32-18-20-33(21-19-32)22-23-34-24-26-35(27-25-34)28-29(2)36-10-7-5-8-11-36/h3-5,7-8,10-21,24-27,29H,6,9,22-23,28H2,1-2H3/t29-/m0/s1. The minimum Gasteiger partial charge on any atom is -0.0917 e. The highest BCUT2D eigenvalue weighted by Gasteiger charge is 2.06. The second-order valence-electron chi connectivity index (χ2n) is 9.76. The van der Waals surface area contributed by atoms with Gasteiger partial charge in [-0.1, -0.05) is 134 Å². The highest BCUT2D eigenvalue weighted by atomic mass is 14.1. The van der Waals surface area contributed by atoms with Crippen LogP contribution in [0.5, 0.6) is 0 Å². The fraction of sp³-hybridized carbons (Fsp3) is 0.222. The van der Waals surface area contributed by atoms with Gasteiger partial charge in [0.2, 0.25) is 0 Å². The average molecular weight is 471 g/mol. The molecule has 0 N–H and O–H groups in total. The third kappa shape index (κ3) is 7.95. The molecule has 0 spiro atoms. The van der Waals surface area contributed by atoms with Crippen molar-refractivity contribution in [2.24, 2.45) is 0 Å². The summed E-state index contributed by atoms with van der Waals surface area (Å²) in [4.78, 5) is 0. The van der Waals surface area contributed by atoms with Gasteiger partial charge in [-0.25, -0.2) is 0 Å². The first-order valence-electron chi connectivity index (χ1n) is 13.3. The van der Waals surface area contributed by atoms with E-state index >= 15 is 0 Å². The monoisotopic (exact) mass is 470 g/mol. The van der Waals surface area contributed by atoms with E-state index in [9.17, 15) is 0 Å². The molecule has 0 heterocycles. The molecular formula is C36H38. The van der Waals surface area contributed by atoms with Crippen LogP contribution < -0.4 is 0 Å². The molecule has 1 atom stereocenters. The number of hydrogen-bond acceptors (Lipinski definition) is 0. The average Bonchev–Trinajstić information content (AvgIpc) is 2.93. The van der Waals surface area contributed by atoms with Gasteiger partial charge in [0.25, 0.3) is 0 Å². The van der Waals surface area contributed by atoms with E-state index in [4.69, 9.17) is 0 Å². The van der Waals surface area contributed by atoms with Crippen LogP contribution >= 0.6 is 0 Å². The van der Waals surface area contributed by atoms with Gasteiger partial charge in [-0.3, -0.25) is 0 Å². The first kappa shape index (κ1) is 25.5. The van der Waals surface area contributed by atoms with Gasteiger partial charge in [0.05, 0.1) is 0 Å². The second-order valence-corrected chi connectivity index (χ2v) is 9.76. The van der Waals surface area contributed by atoms with E-state index in [-0.39, 0.29) is 0 Å². The summed E-state index contributed by atoms with van der Waals surface area (Å²) in [6.07, 6.45) is 14.2. The Morgan fingerprint density at radius 2 is 1.03 bits per heavy atom. The van der Waals surface area contributed by atoms with Crippen molar-refractivity contribution in [1.29, 1.82) is 0 Å². The van der Waals surface area contributed by atoms with Gasteiger partial charge in [0.15, 0.2) is 0 Å². The number of allylic oxidation sites excluding steroid dienone is 2. The van der Waals surface area contributed by atoms with Crippen LogP contribution in [0.15, 0.2) is 115 Å². The van der Waals surface area contributed by atoms with Gasteiger partial charge in [-0.2, -0.15) is 0 Å². The predicted octanol–water partition coefficient (Wildman–Crippen LogP) is 9.50. The van der Waals surface area contributed by atoms with E-state index < -0.39 is 0 Å². The largest absolute Gasteiger partial charge is 0.0917 e. The van der Waals surface area contributed by atoms with Crippen LogP contribution in [-0.4, -0.2) is 0 Å². The summed E-state index contributed by atoms with van der Waals surface area (Å²) in [7, 11) is 0. The zero-order chi connectivity index (χ0) is 25.0. The van der Waals surface area contributed by atoms with Crippen LogP contribution in [0.2, 0.25) is 0 Å².